The number of esters is 1. The molecule has 1 amide bonds. The minimum Gasteiger partial charge on any atom is -0.493 e. The smallest absolute Gasteiger partial charge is 0.344 e. The predicted molar refractivity (Wildman–Crippen MR) is 105 cm³/mol. The van der Waals surface area contributed by atoms with Gasteiger partial charge < -0.3 is 28.8 Å². The highest BCUT2D eigenvalue weighted by atomic mass is 32.2. The van der Waals surface area contributed by atoms with E-state index in [0.717, 1.165) is 0 Å². The summed E-state index contributed by atoms with van der Waals surface area (Å²) in [6.45, 7) is 1.85. The maximum atomic E-state index is 12.5. The molecule has 152 valence electrons. The normalized spacial score (nSPS) is 10.3. The Bertz CT molecular complexity index is 852. The van der Waals surface area contributed by atoms with Crippen molar-refractivity contribution in [1.29, 1.82) is 0 Å². The topological polar surface area (TPSA) is 101 Å². The van der Waals surface area contributed by atoms with Gasteiger partial charge in [0.2, 0.25) is 11.7 Å². The third-order valence-electron chi connectivity index (χ3n) is 3.69. The van der Waals surface area contributed by atoms with Crippen molar-refractivity contribution in [3.63, 3.8) is 0 Å². The monoisotopic (exact) mass is 409 g/mol. The van der Waals surface area contributed by atoms with E-state index < -0.39 is 5.97 Å². The van der Waals surface area contributed by atoms with Gasteiger partial charge >= 0.3 is 5.97 Å². The molecule has 9 nitrogen and oxygen atoms in total. The van der Waals surface area contributed by atoms with Crippen LogP contribution in [0.1, 0.15) is 17.3 Å². The average molecular weight is 409 g/mol. The Balaban J connectivity index is 2.36. The molecule has 10 heteroatoms. The lowest BCUT2D eigenvalue weighted by atomic mass is 10.1. The highest BCUT2D eigenvalue weighted by Crippen LogP contribution is 2.44. The van der Waals surface area contributed by atoms with Crippen LogP contribution in [0.5, 0.6) is 17.2 Å². The van der Waals surface area contributed by atoms with Crippen molar-refractivity contribution in [1.82, 2.24) is 9.55 Å². The van der Waals surface area contributed by atoms with E-state index in [-0.39, 0.29) is 41.0 Å². The van der Waals surface area contributed by atoms with Crippen LogP contribution in [0.4, 0.5) is 5.69 Å². The molecule has 1 aromatic heterocycles. The number of nitrogens with one attached hydrogen (secondary N) is 1. The van der Waals surface area contributed by atoms with Gasteiger partial charge in [-0.2, -0.15) is 0 Å². The fourth-order valence-corrected chi connectivity index (χ4v) is 3.20. The molecule has 0 saturated carbocycles. The molecule has 2 rings (SSSR count). The molecule has 0 bridgehead atoms. The molecule has 1 aromatic carbocycles. The van der Waals surface area contributed by atoms with Crippen LogP contribution in [-0.2, 0) is 16.6 Å². The van der Waals surface area contributed by atoms with Gasteiger partial charge in [0.05, 0.1) is 39.4 Å². The van der Waals surface area contributed by atoms with Gasteiger partial charge in [0.25, 0.3) is 0 Å². The number of ether oxygens (including phenoxy) is 4. The average Bonchev–Trinajstić information content (AvgIpc) is 3.10. The second kappa shape index (κ2) is 9.88. The van der Waals surface area contributed by atoms with Crippen LogP contribution in [0.15, 0.2) is 23.6 Å². The Hall–Kier alpha value is -2.88. The predicted octanol–water partition coefficient (Wildman–Crippen LogP) is 2.35. The first-order valence-corrected chi connectivity index (χ1v) is 9.35. The van der Waals surface area contributed by atoms with Crippen LogP contribution in [0.2, 0.25) is 0 Å². The molecular formula is C18H23N3O6S. The summed E-state index contributed by atoms with van der Waals surface area (Å²) >= 11 is 1.27. The van der Waals surface area contributed by atoms with Crippen LogP contribution < -0.4 is 19.5 Å². The largest absolute Gasteiger partial charge is 0.493 e. The molecule has 0 spiro atoms. The molecule has 1 N–H and O–H groups in total. The highest BCUT2D eigenvalue weighted by Gasteiger charge is 2.27. The molecule has 0 radical (unpaired) electrons. The Morgan fingerprint density at radius 3 is 2.43 bits per heavy atom. The Labute approximate surface area is 167 Å². The van der Waals surface area contributed by atoms with E-state index in [1.54, 1.807) is 23.9 Å². The van der Waals surface area contributed by atoms with Crippen LogP contribution in [0.25, 0.3) is 0 Å². The van der Waals surface area contributed by atoms with Gasteiger partial charge in [-0.1, -0.05) is 11.8 Å². The number of hydrogen-bond acceptors (Lipinski definition) is 8. The van der Waals surface area contributed by atoms with E-state index in [1.165, 1.54) is 39.2 Å². The van der Waals surface area contributed by atoms with Crippen molar-refractivity contribution in [3.8, 4) is 17.2 Å². The van der Waals surface area contributed by atoms with E-state index >= 15 is 0 Å². The summed E-state index contributed by atoms with van der Waals surface area (Å²) in [6, 6.07) is 1.50. The fraction of sp³-hybridized carbons (Fsp3) is 0.389. The van der Waals surface area contributed by atoms with Crippen molar-refractivity contribution >= 4 is 29.3 Å². The van der Waals surface area contributed by atoms with Gasteiger partial charge in [-0.3, -0.25) is 4.79 Å². The molecule has 0 atom stereocenters. The lowest BCUT2D eigenvalue weighted by molar-refractivity contribution is -0.113. The van der Waals surface area contributed by atoms with Gasteiger partial charge in [-0.15, -0.1) is 0 Å². The molecule has 0 saturated heterocycles. The number of aryl methyl sites for hydroxylation is 1. The summed E-state index contributed by atoms with van der Waals surface area (Å²) in [4.78, 5) is 29.1. The van der Waals surface area contributed by atoms with Crippen LogP contribution >= 0.6 is 11.8 Å². The summed E-state index contributed by atoms with van der Waals surface area (Å²) in [5, 5.41) is 3.42. The minimum atomic E-state index is -0.646. The molecule has 28 heavy (non-hydrogen) atoms. The van der Waals surface area contributed by atoms with Crippen molar-refractivity contribution in [2.75, 3.05) is 39.0 Å². The first kappa shape index (κ1) is 21.4. The standard InChI is InChI=1S/C18H23N3O6S/c1-6-27-17(23)14-11(9-12(24-3)15(25-4)16(14)26-5)20-13(22)10-28-18-19-7-8-21(18)2/h7-9H,6,10H2,1-5H3,(H,20,22). The number of amides is 1. The van der Waals surface area contributed by atoms with E-state index in [4.69, 9.17) is 18.9 Å². The van der Waals surface area contributed by atoms with Crippen LogP contribution in [0.3, 0.4) is 0 Å². The number of methoxy groups -OCH3 is 3. The first-order valence-electron chi connectivity index (χ1n) is 8.36. The summed E-state index contributed by atoms with van der Waals surface area (Å²) in [5.41, 5.74) is 0.260. The fourth-order valence-electron chi connectivity index (χ4n) is 2.47. The Kier molecular flexibility index (Phi) is 7.56. The van der Waals surface area contributed by atoms with E-state index in [0.29, 0.717) is 10.9 Å². The SMILES string of the molecule is CCOC(=O)c1c(NC(=O)CSc2nccn2C)cc(OC)c(OC)c1OC. The zero-order valence-electron chi connectivity index (χ0n) is 16.4. The highest BCUT2D eigenvalue weighted by molar-refractivity contribution is 7.99. The van der Waals surface area contributed by atoms with E-state index in [2.05, 4.69) is 10.3 Å². The summed E-state index contributed by atoms with van der Waals surface area (Å²) in [6.07, 6.45) is 3.44. The first-order chi connectivity index (χ1) is 13.5. The van der Waals surface area contributed by atoms with Crippen LogP contribution in [0, 0.1) is 0 Å². The van der Waals surface area contributed by atoms with Crippen molar-refractivity contribution in [3.05, 3.63) is 24.0 Å². The number of anilines is 1. The summed E-state index contributed by atoms with van der Waals surface area (Å²) in [5.74, 6) is -0.218. The lowest BCUT2D eigenvalue weighted by Gasteiger charge is -2.19. The Morgan fingerprint density at radius 1 is 1.18 bits per heavy atom. The zero-order chi connectivity index (χ0) is 20.7. The minimum absolute atomic E-state index is 0.0531. The molecule has 0 aliphatic heterocycles. The molecule has 2 aromatic rings. The van der Waals surface area contributed by atoms with E-state index in [9.17, 15) is 9.59 Å². The number of hydrogen-bond donors (Lipinski definition) is 1. The number of thioether (sulfide) groups is 1. The molecule has 0 unspecified atom stereocenters. The quantitative estimate of drug-likeness (QED) is 0.498. The Morgan fingerprint density at radius 2 is 1.89 bits per heavy atom. The van der Waals surface area contributed by atoms with Gasteiger partial charge in [0.1, 0.15) is 5.56 Å². The lowest BCUT2D eigenvalue weighted by Crippen LogP contribution is -2.19. The number of imidazole rings is 1. The van der Waals surface area contributed by atoms with Gasteiger partial charge in [-0.25, -0.2) is 9.78 Å². The van der Waals surface area contributed by atoms with Crippen molar-refractivity contribution in [2.24, 2.45) is 7.05 Å². The number of nitrogens with zero attached hydrogens (tertiary/aromatic N) is 2. The van der Waals surface area contributed by atoms with E-state index in [1.807, 2.05) is 7.05 Å². The maximum absolute atomic E-state index is 12.5. The second-order valence-electron chi connectivity index (χ2n) is 5.45. The summed E-state index contributed by atoms with van der Waals surface area (Å²) in [7, 11) is 6.11. The number of aromatic nitrogens is 2. The third-order valence-corrected chi connectivity index (χ3v) is 4.75. The van der Waals surface area contributed by atoms with Crippen LogP contribution in [-0.4, -0.2) is 55.1 Å². The molecular weight excluding hydrogens is 386 g/mol. The number of rotatable bonds is 9. The molecule has 1 heterocycles. The van der Waals surface area contributed by atoms with Crippen molar-refractivity contribution in [2.45, 2.75) is 12.1 Å². The van der Waals surface area contributed by atoms with Gasteiger partial charge in [0.15, 0.2) is 16.7 Å². The molecule has 0 aliphatic rings. The zero-order valence-corrected chi connectivity index (χ0v) is 17.2. The summed E-state index contributed by atoms with van der Waals surface area (Å²) < 4.78 is 22.9. The number of benzene rings is 1. The number of carbonyl (C=O) groups excluding carboxylic acids is 2. The third kappa shape index (κ3) is 4.69. The second-order valence-corrected chi connectivity index (χ2v) is 6.39. The maximum Gasteiger partial charge on any atom is 0.344 e. The van der Waals surface area contributed by atoms with Gasteiger partial charge in [-0.05, 0) is 6.92 Å². The number of carbonyl (C=O) groups is 2. The van der Waals surface area contributed by atoms with Crippen molar-refractivity contribution < 1.29 is 28.5 Å². The molecule has 0 fully saturated rings. The molecule has 0 aliphatic carbocycles. The van der Waals surface area contributed by atoms with Gasteiger partial charge in [0, 0.05) is 25.5 Å².